The molecule has 1 aromatic carbocycles. The van der Waals surface area contributed by atoms with Crippen LogP contribution in [0.1, 0.15) is 24.5 Å². The Labute approximate surface area is 125 Å². The third-order valence-electron chi connectivity index (χ3n) is 4.14. The summed E-state index contributed by atoms with van der Waals surface area (Å²) in [7, 11) is 1.73. The number of anilines is 1. The minimum atomic E-state index is -0.841. The van der Waals surface area contributed by atoms with Crippen molar-refractivity contribution in [3.63, 3.8) is 0 Å². The molecule has 1 fully saturated rings. The molecule has 1 saturated heterocycles. The van der Waals surface area contributed by atoms with E-state index in [2.05, 4.69) is 6.07 Å². The smallest absolute Gasteiger partial charge is 0.324 e. The zero-order valence-electron chi connectivity index (χ0n) is 13.0. The first-order chi connectivity index (χ1) is 9.73. The number of likely N-dealkylation sites (tertiary alicyclic amines) is 1. The standard InChI is InChI=1S/C16H22N2O3/c1-11-7-12(2)9-13(8-11)17(4)15(21)18-6-5-16(3,10-18)14(19)20/h7-9H,5-6,10H2,1-4H3,(H,19,20). The van der Waals surface area contributed by atoms with Crippen LogP contribution in [-0.2, 0) is 4.79 Å². The van der Waals surface area contributed by atoms with Gasteiger partial charge in [-0.2, -0.15) is 0 Å². The molecule has 1 atom stereocenters. The van der Waals surface area contributed by atoms with E-state index in [9.17, 15) is 14.7 Å². The minimum absolute atomic E-state index is 0.148. The summed E-state index contributed by atoms with van der Waals surface area (Å²) in [4.78, 5) is 27.0. The number of hydrogen-bond acceptors (Lipinski definition) is 2. The molecule has 1 aliphatic rings. The lowest BCUT2D eigenvalue weighted by molar-refractivity contribution is -0.146. The van der Waals surface area contributed by atoms with Gasteiger partial charge < -0.3 is 10.0 Å². The zero-order chi connectivity index (χ0) is 15.8. The molecule has 1 unspecified atom stereocenters. The van der Waals surface area contributed by atoms with Crippen LogP contribution in [0, 0.1) is 19.3 Å². The normalized spacial score (nSPS) is 21.4. The molecule has 0 aromatic heterocycles. The van der Waals surface area contributed by atoms with Crippen molar-refractivity contribution in [3.8, 4) is 0 Å². The van der Waals surface area contributed by atoms with Gasteiger partial charge in [0.15, 0.2) is 0 Å². The number of nitrogens with zero attached hydrogens (tertiary/aromatic N) is 2. The van der Waals surface area contributed by atoms with E-state index in [0.29, 0.717) is 13.0 Å². The largest absolute Gasteiger partial charge is 0.481 e. The Hall–Kier alpha value is -2.04. The van der Waals surface area contributed by atoms with Gasteiger partial charge in [0.1, 0.15) is 0 Å². The van der Waals surface area contributed by atoms with E-state index >= 15 is 0 Å². The number of carboxylic acid groups (broad SMARTS) is 1. The first-order valence-electron chi connectivity index (χ1n) is 7.07. The molecular weight excluding hydrogens is 268 g/mol. The number of aliphatic carboxylic acids is 1. The van der Waals surface area contributed by atoms with Crippen LogP contribution in [0.25, 0.3) is 0 Å². The van der Waals surface area contributed by atoms with E-state index in [1.165, 1.54) is 0 Å². The van der Waals surface area contributed by atoms with Crippen molar-refractivity contribution >= 4 is 17.7 Å². The van der Waals surface area contributed by atoms with E-state index in [0.717, 1.165) is 16.8 Å². The number of hydrogen-bond donors (Lipinski definition) is 1. The summed E-state index contributed by atoms with van der Waals surface area (Å²) in [5, 5.41) is 9.25. The van der Waals surface area contributed by atoms with Crippen LogP contribution in [-0.4, -0.2) is 42.1 Å². The lowest BCUT2D eigenvalue weighted by Crippen LogP contribution is -2.42. The van der Waals surface area contributed by atoms with Crippen molar-refractivity contribution in [1.82, 2.24) is 4.90 Å². The highest BCUT2D eigenvalue weighted by Crippen LogP contribution is 2.31. The van der Waals surface area contributed by atoms with Gasteiger partial charge in [-0.25, -0.2) is 4.79 Å². The predicted molar refractivity (Wildman–Crippen MR) is 81.6 cm³/mol. The first-order valence-corrected chi connectivity index (χ1v) is 7.07. The number of urea groups is 1. The molecule has 1 heterocycles. The van der Waals surface area contributed by atoms with E-state index in [1.807, 2.05) is 26.0 Å². The Morgan fingerprint density at radius 3 is 2.29 bits per heavy atom. The number of carbonyl (C=O) groups is 2. The Morgan fingerprint density at radius 1 is 1.24 bits per heavy atom. The molecule has 2 amide bonds. The van der Waals surface area contributed by atoms with Gasteiger partial charge in [-0.3, -0.25) is 9.69 Å². The maximum Gasteiger partial charge on any atom is 0.324 e. The van der Waals surface area contributed by atoms with Crippen molar-refractivity contribution < 1.29 is 14.7 Å². The van der Waals surface area contributed by atoms with Crippen LogP contribution < -0.4 is 4.90 Å². The van der Waals surface area contributed by atoms with Gasteiger partial charge >= 0.3 is 12.0 Å². The molecule has 2 rings (SSSR count). The van der Waals surface area contributed by atoms with E-state index in [1.54, 1.807) is 23.8 Å². The Kier molecular flexibility index (Phi) is 3.94. The monoisotopic (exact) mass is 290 g/mol. The van der Waals surface area contributed by atoms with E-state index in [4.69, 9.17) is 0 Å². The SMILES string of the molecule is Cc1cc(C)cc(N(C)C(=O)N2CCC(C)(C(=O)O)C2)c1. The molecule has 0 spiro atoms. The number of carboxylic acids is 1. The first kappa shape index (κ1) is 15.4. The second-order valence-electron chi connectivity index (χ2n) is 6.22. The summed E-state index contributed by atoms with van der Waals surface area (Å²) in [6.45, 7) is 6.42. The average Bonchev–Trinajstić information content (AvgIpc) is 2.80. The molecule has 0 aliphatic carbocycles. The minimum Gasteiger partial charge on any atom is -0.481 e. The topological polar surface area (TPSA) is 60.9 Å². The van der Waals surface area contributed by atoms with Gasteiger partial charge in [0, 0.05) is 25.8 Å². The molecular formula is C16H22N2O3. The number of amides is 2. The van der Waals surface area contributed by atoms with Gasteiger partial charge in [-0.15, -0.1) is 0 Å². The van der Waals surface area contributed by atoms with Gasteiger partial charge in [0.05, 0.1) is 5.41 Å². The molecule has 21 heavy (non-hydrogen) atoms. The maximum atomic E-state index is 12.5. The van der Waals surface area contributed by atoms with Crippen LogP contribution in [0.15, 0.2) is 18.2 Å². The highest BCUT2D eigenvalue weighted by Gasteiger charge is 2.42. The fourth-order valence-corrected chi connectivity index (χ4v) is 2.77. The van der Waals surface area contributed by atoms with Crippen LogP contribution in [0.4, 0.5) is 10.5 Å². The summed E-state index contributed by atoms with van der Waals surface area (Å²) in [5.41, 5.74) is 2.20. The Balaban J connectivity index is 2.15. The molecule has 1 aliphatic heterocycles. The van der Waals surface area contributed by atoms with Crippen molar-refractivity contribution in [3.05, 3.63) is 29.3 Å². The molecule has 1 N–H and O–H groups in total. The summed E-state index contributed by atoms with van der Waals surface area (Å²) in [6, 6.07) is 5.82. The second-order valence-corrected chi connectivity index (χ2v) is 6.22. The summed E-state index contributed by atoms with van der Waals surface area (Å²) >= 11 is 0. The van der Waals surface area contributed by atoms with E-state index < -0.39 is 11.4 Å². The molecule has 0 radical (unpaired) electrons. The van der Waals surface area contributed by atoms with Crippen molar-refractivity contribution in [2.24, 2.45) is 5.41 Å². The lowest BCUT2D eigenvalue weighted by atomic mass is 9.90. The fourth-order valence-electron chi connectivity index (χ4n) is 2.77. The third-order valence-corrected chi connectivity index (χ3v) is 4.14. The number of benzene rings is 1. The van der Waals surface area contributed by atoms with Crippen LogP contribution >= 0.6 is 0 Å². The third kappa shape index (κ3) is 3.01. The summed E-state index contributed by atoms with van der Waals surface area (Å²) in [5.74, 6) is -0.841. The number of rotatable bonds is 2. The molecule has 0 bridgehead atoms. The van der Waals surface area contributed by atoms with Gasteiger partial charge in [0.2, 0.25) is 0 Å². The van der Waals surface area contributed by atoms with Crippen molar-refractivity contribution in [2.75, 3.05) is 25.0 Å². The fraction of sp³-hybridized carbons (Fsp3) is 0.500. The van der Waals surface area contributed by atoms with Crippen LogP contribution in [0.5, 0.6) is 0 Å². The Bertz CT molecular complexity index is 565. The molecule has 1 aromatic rings. The number of carbonyl (C=O) groups excluding carboxylic acids is 1. The zero-order valence-corrected chi connectivity index (χ0v) is 13.0. The lowest BCUT2D eigenvalue weighted by Gasteiger charge is -2.26. The van der Waals surface area contributed by atoms with Gasteiger partial charge in [-0.1, -0.05) is 6.07 Å². The Morgan fingerprint density at radius 2 is 1.81 bits per heavy atom. The molecule has 0 saturated carbocycles. The average molecular weight is 290 g/mol. The van der Waals surface area contributed by atoms with Crippen LogP contribution in [0.2, 0.25) is 0 Å². The molecule has 5 nitrogen and oxygen atoms in total. The highest BCUT2D eigenvalue weighted by atomic mass is 16.4. The summed E-state index contributed by atoms with van der Waals surface area (Å²) < 4.78 is 0. The van der Waals surface area contributed by atoms with Crippen molar-refractivity contribution in [1.29, 1.82) is 0 Å². The maximum absolute atomic E-state index is 12.5. The number of aryl methyl sites for hydroxylation is 2. The van der Waals surface area contributed by atoms with E-state index in [-0.39, 0.29) is 12.6 Å². The van der Waals surface area contributed by atoms with Gasteiger partial charge in [-0.05, 0) is 50.5 Å². The molecule has 5 heteroatoms. The molecule has 114 valence electrons. The predicted octanol–water partition coefficient (Wildman–Crippen LogP) is 2.66. The second kappa shape index (κ2) is 5.39. The summed E-state index contributed by atoms with van der Waals surface area (Å²) in [6.07, 6.45) is 0.495. The van der Waals surface area contributed by atoms with Crippen LogP contribution in [0.3, 0.4) is 0 Å². The highest BCUT2D eigenvalue weighted by molar-refractivity contribution is 5.92. The van der Waals surface area contributed by atoms with Crippen molar-refractivity contribution in [2.45, 2.75) is 27.2 Å². The van der Waals surface area contributed by atoms with Gasteiger partial charge in [0.25, 0.3) is 0 Å². The quantitative estimate of drug-likeness (QED) is 0.911.